The molecule has 0 amide bonds. The number of benzene rings is 1. The number of para-hydroxylation sites is 1. The van der Waals surface area contributed by atoms with Gasteiger partial charge in [0.15, 0.2) is 0 Å². The topological polar surface area (TPSA) is 66.6 Å². The van der Waals surface area contributed by atoms with Crippen molar-refractivity contribution in [1.29, 1.82) is 0 Å². The number of hydrogen-bond donors (Lipinski definition) is 1. The molecule has 0 saturated carbocycles. The molecule has 122 valence electrons. The molecule has 1 heterocycles. The van der Waals surface area contributed by atoms with E-state index in [1.165, 1.54) is 0 Å². The largest absolute Gasteiger partial charge is 0.369 e. The fourth-order valence-corrected chi connectivity index (χ4v) is 3.64. The van der Waals surface area contributed by atoms with E-state index in [0.717, 1.165) is 18.8 Å². The van der Waals surface area contributed by atoms with Crippen molar-refractivity contribution in [1.82, 2.24) is 4.31 Å². The van der Waals surface area contributed by atoms with Gasteiger partial charge in [0.05, 0.1) is 5.25 Å². The van der Waals surface area contributed by atoms with E-state index in [2.05, 4.69) is 4.90 Å². The van der Waals surface area contributed by atoms with Gasteiger partial charge in [0.1, 0.15) is 0 Å². The maximum Gasteiger partial charge on any atom is 0.218 e. The number of rotatable bonds is 4. The number of anilines is 1. The minimum atomic E-state index is -3.24. The summed E-state index contributed by atoms with van der Waals surface area (Å²) in [5.74, 6) is 0. The summed E-state index contributed by atoms with van der Waals surface area (Å²) in [6.45, 7) is 4.34. The molecule has 1 aromatic rings. The second-order valence-electron chi connectivity index (χ2n) is 4.81. The Morgan fingerprint density at radius 3 is 2.10 bits per heavy atom. The molecule has 8 heteroatoms. The molecule has 1 aliphatic rings. The van der Waals surface area contributed by atoms with Gasteiger partial charge in [-0.15, -0.1) is 24.8 Å². The second-order valence-corrected chi connectivity index (χ2v) is 7.16. The summed E-state index contributed by atoms with van der Waals surface area (Å²) in [5, 5.41) is -0.504. The van der Waals surface area contributed by atoms with Crippen LogP contribution in [-0.4, -0.2) is 50.7 Å². The molecule has 0 bridgehead atoms. The Kier molecular flexibility index (Phi) is 8.58. The number of sulfonamides is 1. The van der Waals surface area contributed by atoms with E-state index in [0.29, 0.717) is 13.1 Å². The van der Waals surface area contributed by atoms with Gasteiger partial charge in [-0.3, -0.25) is 0 Å². The van der Waals surface area contributed by atoms with Gasteiger partial charge in [-0.25, -0.2) is 8.42 Å². The van der Waals surface area contributed by atoms with Crippen molar-refractivity contribution in [2.45, 2.75) is 12.2 Å². The Bertz CT molecular complexity index is 505. The lowest BCUT2D eigenvalue weighted by Gasteiger charge is -2.36. The third-order valence-corrected chi connectivity index (χ3v) is 5.85. The fourth-order valence-electron chi connectivity index (χ4n) is 2.22. The summed E-state index contributed by atoms with van der Waals surface area (Å²) in [4.78, 5) is 2.21. The van der Waals surface area contributed by atoms with Crippen LogP contribution < -0.4 is 10.6 Å². The predicted octanol–water partition coefficient (Wildman–Crippen LogP) is 1.33. The van der Waals surface area contributed by atoms with Crippen molar-refractivity contribution in [3.05, 3.63) is 30.3 Å². The van der Waals surface area contributed by atoms with Crippen LogP contribution in [0.3, 0.4) is 0 Å². The molecule has 1 aliphatic heterocycles. The van der Waals surface area contributed by atoms with Crippen LogP contribution in [0.25, 0.3) is 0 Å². The van der Waals surface area contributed by atoms with Crippen molar-refractivity contribution in [2.75, 3.05) is 37.6 Å². The average molecular weight is 356 g/mol. The van der Waals surface area contributed by atoms with E-state index >= 15 is 0 Å². The fraction of sp³-hybridized carbons (Fsp3) is 0.538. The highest BCUT2D eigenvalue weighted by molar-refractivity contribution is 7.89. The Hall–Kier alpha value is -0.530. The molecular weight excluding hydrogens is 333 g/mol. The first kappa shape index (κ1) is 20.5. The van der Waals surface area contributed by atoms with E-state index in [1.54, 1.807) is 11.2 Å². The first-order valence-electron chi connectivity index (χ1n) is 6.54. The quantitative estimate of drug-likeness (QED) is 0.884. The van der Waals surface area contributed by atoms with Crippen LogP contribution in [-0.2, 0) is 10.0 Å². The molecule has 1 unspecified atom stereocenters. The first-order valence-corrected chi connectivity index (χ1v) is 8.05. The summed E-state index contributed by atoms with van der Waals surface area (Å²) in [7, 11) is -3.24. The van der Waals surface area contributed by atoms with Crippen molar-refractivity contribution in [2.24, 2.45) is 5.73 Å². The standard InChI is InChI=1S/C13H21N3O2S.2ClH/c1-12(11-14)19(17,18)16-9-7-15(8-10-16)13-5-3-2-4-6-13;;/h2-6,12H,7-11,14H2,1H3;2*1H. The molecule has 5 nitrogen and oxygen atoms in total. The zero-order chi connectivity index (χ0) is 13.9. The minimum absolute atomic E-state index is 0. The number of halogens is 2. The molecule has 1 atom stereocenters. The monoisotopic (exact) mass is 355 g/mol. The molecular formula is C13H23Cl2N3O2S. The molecule has 2 rings (SSSR count). The number of nitrogens with two attached hydrogens (primary N) is 1. The average Bonchev–Trinajstić information content (AvgIpc) is 2.47. The summed E-state index contributed by atoms with van der Waals surface area (Å²) in [6.07, 6.45) is 0. The molecule has 0 aromatic heterocycles. The Morgan fingerprint density at radius 1 is 1.10 bits per heavy atom. The second kappa shape index (κ2) is 8.80. The smallest absolute Gasteiger partial charge is 0.218 e. The zero-order valence-corrected chi connectivity index (χ0v) is 14.5. The Balaban J connectivity index is 0.00000200. The molecule has 0 spiro atoms. The number of nitrogens with zero attached hydrogens (tertiary/aromatic N) is 2. The van der Waals surface area contributed by atoms with Gasteiger partial charge in [-0.1, -0.05) is 18.2 Å². The summed E-state index contributed by atoms with van der Waals surface area (Å²) < 4.78 is 25.9. The third kappa shape index (κ3) is 4.72. The van der Waals surface area contributed by atoms with Crippen LogP contribution in [0.4, 0.5) is 5.69 Å². The van der Waals surface area contributed by atoms with E-state index in [4.69, 9.17) is 5.73 Å². The van der Waals surface area contributed by atoms with Gasteiger partial charge >= 0.3 is 0 Å². The van der Waals surface area contributed by atoms with Crippen LogP contribution in [0.5, 0.6) is 0 Å². The normalized spacial score (nSPS) is 17.5. The summed E-state index contributed by atoms with van der Waals surface area (Å²) in [6, 6.07) is 10.1. The van der Waals surface area contributed by atoms with Crippen molar-refractivity contribution in [3.63, 3.8) is 0 Å². The van der Waals surface area contributed by atoms with Crippen LogP contribution in [0.2, 0.25) is 0 Å². The lowest BCUT2D eigenvalue weighted by atomic mass is 10.2. The zero-order valence-electron chi connectivity index (χ0n) is 12.0. The van der Waals surface area contributed by atoms with Crippen molar-refractivity contribution >= 4 is 40.5 Å². The van der Waals surface area contributed by atoms with Crippen LogP contribution in [0.15, 0.2) is 30.3 Å². The minimum Gasteiger partial charge on any atom is -0.369 e. The highest BCUT2D eigenvalue weighted by Gasteiger charge is 2.30. The van der Waals surface area contributed by atoms with Gasteiger partial charge < -0.3 is 10.6 Å². The molecule has 1 aromatic carbocycles. The molecule has 21 heavy (non-hydrogen) atoms. The van der Waals surface area contributed by atoms with Crippen molar-refractivity contribution in [3.8, 4) is 0 Å². The molecule has 1 saturated heterocycles. The molecule has 2 N–H and O–H groups in total. The van der Waals surface area contributed by atoms with Crippen molar-refractivity contribution < 1.29 is 8.42 Å². The maximum atomic E-state index is 12.2. The van der Waals surface area contributed by atoms with Crippen LogP contribution >= 0.6 is 24.8 Å². The highest BCUT2D eigenvalue weighted by atomic mass is 35.5. The van der Waals surface area contributed by atoms with Gasteiger partial charge in [0.2, 0.25) is 10.0 Å². The number of hydrogen-bond acceptors (Lipinski definition) is 4. The van der Waals surface area contributed by atoms with Gasteiger partial charge in [-0.2, -0.15) is 4.31 Å². The van der Waals surface area contributed by atoms with Crippen LogP contribution in [0, 0.1) is 0 Å². The molecule has 0 aliphatic carbocycles. The molecule has 1 fully saturated rings. The van der Waals surface area contributed by atoms with Gasteiger partial charge in [-0.05, 0) is 19.1 Å². The highest BCUT2D eigenvalue weighted by Crippen LogP contribution is 2.18. The third-order valence-electron chi connectivity index (χ3n) is 3.56. The first-order chi connectivity index (χ1) is 9.05. The number of piperazine rings is 1. The molecule has 0 radical (unpaired) electrons. The lowest BCUT2D eigenvalue weighted by molar-refractivity contribution is 0.380. The summed E-state index contributed by atoms with van der Waals surface area (Å²) >= 11 is 0. The van der Waals surface area contributed by atoms with E-state index in [1.807, 2.05) is 30.3 Å². The van der Waals surface area contributed by atoms with E-state index in [9.17, 15) is 8.42 Å². The SMILES string of the molecule is CC(CN)S(=O)(=O)N1CCN(c2ccccc2)CC1.Cl.Cl. The Labute approximate surface area is 139 Å². The van der Waals surface area contributed by atoms with E-state index in [-0.39, 0.29) is 31.4 Å². The van der Waals surface area contributed by atoms with Crippen LogP contribution in [0.1, 0.15) is 6.92 Å². The van der Waals surface area contributed by atoms with Gasteiger partial charge in [0.25, 0.3) is 0 Å². The maximum absolute atomic E-state index is 12.2. The van der Waals surface area contributed by atoms with E-state index < -0.39 is 15.3 Å². The lowest BCUT2D eigenvalue weighted by Crippen LogP contribution is -2.51. The Morgan fingerprint density at radius 2 is 1.62 bits per heavy atom. The van der Waals surface area contributed by atoms with Gasteiger partial charge in [0, 0.05) is 38.4 Å². The summed E-state index contributed by atoms with van der Waals surface area (Å²) in [5.41, 5.74) is 6.61. The predicted molar refractivity (Wildman–Crippen MR) is 92.2 cm³/mol.